The van der Waals surface area contributed by atoms with Crippen molar-refractivity contribution in [3.05, 3.63) is 70.9 Å². The third-order valence-electron chi connectivity index (χ3n) is 8.66. The lowest BCUT2D eigenvalue weighted by atomic mass is 9.87. The van der Waals surface area contributed by atoms with Crippen LogP contribution in [-0.2, 0) is 27.2 Å². The highest BCUT2D eigenvalue weighted by atomic mass is 16.2. The van der Waals surface area contributed by atoms with Gasteiger partial charge in [-0.15, -0.1) is 0 Å². The van der Waals surface area contributed by atoms with Crippen molar-refractivity contribution < 1.29 is 14.4 Å². The van der Waals surface area contributed by atoms with Crippen molar-refractivity contribution in [3.63, 3.8) is 0 Å². The van der Waals surface area contributed by atoms with Gasteiger partial charge in [0.2, 0.25) is 17.7 Å². The van der Waals surface area contributed by atoms with E-state index in [1.165, 1.54) is 11.1 Å². The lowest BCUT2D eigenvalue weighted by Gasteiger charge is -2.33. The summed E-state index contributed by atoms with van der Waals surface area (Å²) in [4.78, 5) is 46.0. The van der Waals surface area contributed by atoms with E-state index in [1.54, 1.807) is 18.9 Å². The van der Waals surface area contributed by atoms with Crippen LogP contribution in [0.1, 0.15) is 67.1 Å². The summed E-state index contributed by atoms with van der Waals surface area (Å²) < 4.78 is 0. The fourth-order valence-corrected chi connectivity index (χ4v) is 6.57. The summed E-state index contributed by atoms with van der Waals surface area (Å²) in [7, 11) is 1.72. The predicted octanol–water partition coefficient (Wildman–Crippen LogP) is 3.04. The Morgan fingerprint density at radius 1 is 1.00 bits per heavy atom. The van der Waals surface area contributed by atoms with E-state index in [-0.39, 0.29) is 29.8 Å². The van der Waals surface area contributed by atoms with Gasteiger partial charge >= 0.3 is 0 Å². The number of aromatic amines is 1. The topological polar surface area (TPSA) is 106 Å². The first-order chi connectivity index (χ1) is 18.5. The predicted molar refractivity (Wildman–Crippen MR) is 145 cm³/mol. The van der Waals surface area contributed by atoms with Gasteiger partial charge in [-0.25, -0.2) is 0 Å². The van der Waals surface area contributed by atoms with Gasteiger partial charge < -0.3 is 25.8 Å². The van der Waals surface area contributed by atoms with Gasteiger partial charge in [0.25, 0.3) is 0 Å². The largest absolute Gasteiger partial charge is 0.356 e. The molecule has 5 unspecified atom stereocenters. The molecule has 3 amide bonds. The Kier molecular flexibility index (Phi) is 6.43. The maximum Gasteiger partial charge on any atom is 0.246 e. The molecule has 8 heteroatoms. The Labute approximate surface area is 222 Å². The first-order valence-electron chi connectivity index (χ1n) is 13.7. The number of aryl methyl sites for hydroxylation is 1. The molecule has 3 aromatic rings. The number of nitrogens with one attached hydrogen (secondary N) is 4. The second-order valence-electron chi connectivity index (χ2n) is 10.8. The number of rotatable bonds is 5. The molecule has 4 N–H and O–H groups in total. The Balaban J connectivity index is 1.34. The number of benzene rings is 2. The highest BCUT2D eigenvalue weighted by Gasteiger charge is 2.48. The maximum atomic E-state index is 14.1. The van der Waals surface area contributed by atoms with Crippen LogP contribution in [0.15, 0.2) is 48.5 Å². The Morgan fingerprint density at radius 3 is 2.63 bits per heavy atom. The van der Waals surface area contributed by atoms with Crippen LogP contribution in [0.2, 0.25) is 0 Å². The highest BCUT2D eigenvalue weighted by molar-refractivity contribution is 5.96. The third kappa shape index (κ3) is 4.17. The molecule has 1 aliphatic carbocycles. The van der Waals surface area contributed by atoms with E-state index in [2.05, 4.69) is 39.1 Å². The van der Waals surface area contributed by atoms with Crippen molar-refractivity contribution in [3.8, 4) is 0 Å². The average Bonchev–Trinajstić information content (AvgIpc) is 3.51. The van der Waals surface area contributed by atoms with Crippen LogP contribution < -0.4 is 16.0 Å². The molecule has 2 aromatic carbocycles. The van der Waals surface area contributed by atoms with Crippen molar-refractivity contribution in [2.45, 2.75) is 75.7 Å². The maximum absolute atomic E-state index is 14.1. The summed E-state index contributed by atoms with van der Waals surface area (Å²) >= 11 is 0. The smallest absolute Gasteiger partial charge is 0.246 e. The van der Waals surface area contributed by atoms with E-state index >= 15 is 0 Å². The van der Waals surface area contributed by atoms with E-state index < -0.39 is 18.1 Å². The zero-order chi connectivity index (χ0) is 26.4. The molecular formula is C30H35N5O3. The third-order valence-corrected chi connectivity index (χ3v) is 8.66. The lowest BCUT2D eigenvalue weighted by molar-refractivity contribution is -0.143. The number of fused-ring (bicyclic) bond motifs is 6. The van der Waals surface area contributed by atoms with Gasteiger partial charge in [-0.1, -0.05) is 42.5 Å². The number of hydrogen-bond acceptors (Lipinski definition) is 4. The molecule has 3 aliphatic rings. The second kappa shape index (κ2) is 9.91. The molecule has 38 heavy (non-hydrogen) atoms. The SMILES string of the molecule is CNC(C)C(=O)NC1Cc2c([nH]c3ccccc23)C2CCC(C(=O)NC3CCCc4ccccc43)N2C1=O. The zero-order valence-electron chi connectivity index (χ0n) is 21.9. The molecule has 0 radical (unpaired) electrons. The van der Waals surface area contributed by atoms with Crippen LogP contribution in [-0.4, -0.2) is 52.8 Å². The molecule has 6 rings (SSSR count). The number of para-hydroxylation sites is 1. The van der Waals surface area contributed by atoms with Crippen LogP contribution in [0.25, 0.3) is 10.9 Å². The van der Waals surface area contributed by atoms with Crippen LogP contribution in [0.3, 0.4) is 0 Å². The Hall–Kier alpha value is -3.65. The summed E-state index contributed by atoms with van der Waals surface area (Å²) in [5.41, 5.74) is 5.49. The molecule has 0 bridgehead atoms. The fourth-order valence-electron chi connectivity index (χ4n) is 6.57. The van der Waals surface area contributed by atoms with Crippen molar-refractivity contribution in [1.29, 1.82) is 0 Å². The van der Waals surface area contributed by atoms with Gasteiger partial charge in [0.1, 0.15) is 12.1 Å². The van der Waals surface area contributed by atoms with Gasteiger partial charge in [-0.05, 0) is 68.8 Å². The van der Waals surface area contributed by atoms with E-state index in [0.717, 1.165) is 41.4 Å². The fraction of sp³-hybridized carbons (Fsp3) is 0.433. The van der Waals surface area contributed by atoms with Crippen molar-refractivity contribution >= 4 is 28.6 Å². The zero-order valence-corrected chi connectivity index (χ0v) is 21.9. The molecule has 1 aromatic heterocycles. The Morgan fingerprint density at radius 2 is 1.79 bits per heavy atom. The molecule has 198 valence electrons. The molecule has 0 spiro atoms. The standard InChI is InChI=1S/C30H35N5O3/c1-17(31-2)28(36)34-24-16-21-20-11-5-6-12-23(20)32-27(21)25-14-15-26(35(25)30(24)38)29(37)33-22-13-7-9-18-8-3-4-10-19(18)22/h3-6,8,10-12,17,22,24-26,31-32H,7,9,13-16H2,1-2H3,(H,33,37)(H,34,36). The number of likely N-dealkylation sites (N-methyl/N-ethyl adjacent to an activating group) is 1. The van der Waals surface area contributed by atoms with Crippen molar-refractivity contribution in [2.24, 2.45) is 0 Å². The van der Waals surface area contributed by atoms with E-state index in [1.807, 2.05) is 30.3 Å². The average molecular weight is 514 g/mol. The summed E-state index contributed by atoms with van der Waals surface area (Å²) in [5.74, 6) is -0.539. The first-order valence-corrected chi connectivity index (χ1v) is 13.7. The van der Waals surface area contributed by atoms with Gasteiger partial charge in [-0.2, -0.15) is 0 Å². The van der Waals surface area contributed by atoms with Crippen LogP contribution in [0.4, 0.5) is 0 Å². The molecule has 2 aliphatic heterocycles. The van der Waals surface area contributed by atoms with Crippen molar-refractivity contribution in [2.75, 3.05) is 7.05 Å². The summed E-state index contributed by atoms with van der Waals surface area (Å²) in [6.07, 6.45) is 4.59. The summed E-state index contributed by atoms with van der Waals surface area (Å²) in [6, 6.07) is 14.3. The monoisotopic (exact) mass is 513 g/mol. The number of carbonyl (C=O) groups is 3. The van der Waals surface area contributed by atoms with Crippen LogP contribution in [0, 0.1) is 0 Å². The first kappa shape index (κ1) is 24.7. The molecule has 0 saturated carbocycles. The van der Waals surface area contributed by atoms with E-state index in [9.17, 15) is 14.4 Å². The van der Waals surface area contributed by atoms with Gasteiger partial charge in [-0.3, -0.25) is 14.4 Å². The number of carbonyl (C=O) groups excluding carboxylic acids is 3. The second-order valence-corrected chi connectivity index (χ2v) is 10.8. The van der Waals surface area contributed by atoms with Gasteiger partial charge in [0.15, 0.2) is 0 Å². The number of amides is 3. The minimum absolute atomic E-state index is 0.0517. The molecule has 1 fully saturated rings. The Bertz CT molecular complexity index is 1400. The number of aromatic nitrogens is 1. The number of nitrogens with zero attached hydrogens (tertiary/aromatic N) is 1. The van der Waals surface area contributed by atoms with E-state index in [4.69, 9.17) is 0 Å². The van der Waals surface area contributed by atoms with Gasteiger partial charge in [0.05, 0.1) is 18.1 Å². The molecule has 5 atom stereocenters. The highest BCUT2D eigenvalue weighted by Crippen LogP contribution is 2.43. The number of H-pyrrole nitrogens is 1. The van der Waals surface area contributed by atoms with Gasteiger partial charge in [0, 0.05) is 23.0 Å². The number of hydrogen-bond donors (Lipinski definition) is 4. The summed E-state index contributed by atoms with van der Waals surface area (Å²) in [5, 5.41) is 10.3. The van der Waals surface area contributed by atoms with Crippen LogP contribution >= 0.6 is 0 Å². The minimum atomic E-state index is -0.745. The molecular weight excluding hydrogens is 478 g/mol. The summed E-state index contributed by atoms with van der Waals surface area (Å²) in [6.45, 7) is 1.77. The van der Waals surface area contributed by atoms with E-state index in [0.29, 0.717) is 19.3 Å². The minimum Gasteiger partial charge on any atom is -0.356 e. The normalized spacial score (nSPS) is 25.2. The lowest BCUT2D eigenvalue weighted by Crippen LogP contribution is -2.56. The molecule has 3 heterocycles. The van der Waals surface area contributed by atoms with Crippen LogP contribution in [0.5, 0.6) is 0 Å². The molecule has 1 saturated heterocycles. The molecule has 8 nitrogen and oxygen atoms in total. The van der Waals surface area contributed by atoms with Crippen molar-refractivity contribution in [1.82, 2.24) is 25.8 Å². The quantitative estimate of drug-likeness (QED) is 0.421.